The first-order valence-corrected chi connectivity index (χ1v) is 9.26. The molecule has 0 fully saturated rings. The summed E-state index contributed by atoms with van der Waals surface area (Å²) < 4.78 is 21.7. The van der Waals surface area contributed by atoms with Crippen molar-refractivity contribution in [2.45, 2.75) is 40.7 Å². The Balaban J connectivity index is 0. The predicted molar refractivity (Wildman–Crippen MR) is 72.7 cm³/mol. The van der Waals surface area contributed by atoms with Gasteiger partial charge < -0.3 is 17.7 Å². The van der Waals surface area contributed by atoms with E-state index in [0.29, 0.717) is 26.4 Å². The van der Waals surface area contributed by atoms with Crippen LogP contribution in [0, 0.1) is 0 Å². The first-order valence-electron chi connectivity index (χ1n) is 6.21. The third-order valence-electron chi connectivity index (χ3n) is 1.28. The average molecular weight is 269 g/mol. The summed E-state index contributed by atoms with van der Waals surface area (Å²) in [5, 5.41) is 0. The van der Waals surface area contributed by atoms with Crippen LogP contribution in [0.2, 0.25) is 6.04 Å². The van der Waals surface area contributed by atoms with Crippen LogP contribution in [0.5, 0.6) is 0 Å². The predicted octanol–water partition coefficient (Wildman–Crippen LogP) is 1.36. The van der Waals surface area contributed by atoms with E-state index in [0.717, 1.165) is 0 Å². The molecule has 0 saturated carbocycles. The number of hydrogen-bond donors (Lipinski definition) is 0. The standard InChI is InChI=1S/C8H20O4Si.C2H8Si/c1-5-9-13(10-6-2,11-7-3)12-8-4;1-2-3/h5-8H2,1-4H3;2H2,1,3H3. The Hall–Kier alpha value is 0.274. The van der Waals surface area contributed by atoms with Crippen LogP contribution in [0.3, 0.4) is 0 Å². The third kappa shape index (κ3) is 9.50. The Labute approximate surface area is 105 Å². The van der Waals surface area contributed by atoms with Gasteiger partial charge >= 0.3 is 9.05 Å². The molecule has 0 aromatic heterocycles. The van der Waals surface area contributed by atoms with E-state index in [2.05, 4.69) is 6.92 Å². The highest BCUT2D eigenvalue weighted by Crippen LogP contribution is 2.11. The first kappa shape index (κ1) is 18.6. The fourth-order valence-electron chi connectivity index (χ4n) is 0.957. The summed E-state index contributed by atoms with van der Waals surface area (Å²) in [7, 11) is -1.43. The largest absolute Gasteiger partial charge is 0.679 e. The van der Waals surface area contributed by atoms with E-state index in [1.165, 1.54) is 16.3 Å². The van der Waals surface area contributed by atoms with Gasteiger partial charge in [0.25, 0.3) is 0 Å². The Morgan fingerprint density at radius 1 is 0.688 bits per heavy atom. The van der Waals surface area contributed by atoms with Crippen molar-refractivity contribution in [2.24, 2.45) is 0 Å². The van der Waals surface area contributed by atoms with Gasteiger partial charge in [0, 0.05) is 36.7 Å². The molecule has 0 aliphatic heterocycles. The molecule has 0 aliphatic rings. The first-order chi connectivity index (χ1) is 7.66. The SMILES string of the molecule is CCO[Si](OCC)(OCC)OCC.CC[SiH3]. The van der Waals surface area contributed by atoms with Gasteiger partial charge in [-0.2, -0.15) is 0 Å². The van der Waals surface area contributed by atoms with E-state index in [1.54, 1.807) is 0 Å². The summed E-state index contributed by atoms with van der Waals surface area (Å²) >= 11 is 0. The van der Waals surface area contributed by atoms with Crippen molar-refractivity contribution in [1.29, 1.82) is 0 Å². The maximum atomic E-state index is 5.42. The van der Waals surface area contributed by atoms with Gasteiger partial charge in [0.2, 0.25) is 0 Å². The van der Waals surface area contributed by atoms with E-state index in [9.17, 15) is 0 Å². The molecule has 0 aliphatic carbocycles. The monoisotopic (exact) mass is 268 g/mol. The van der Waals surface area contributed by atoms with Crippen molar-refractivity contribution in [3.05, 3.63) is 0 Å². The van der Waals surface area contributed by atoms with Gasteiger partial charge in [0.15, 0.2) is 0 Å². The van der Waals surface area contributed by atoms with Crippen molar-refractivity contribution in [3.63, 3.8) is 0 Å². The highest BCUT2D eigenvalue weighted by atomic mass is 28.4. The molecule has 0 bridgehead atoms. The minimum atomic E-state index is -2.80. The van der Waals surface area contributed by atoms with E-state index in [1.807, 2.05) is 27.7 Å². The smallest absolute Gasteiger partial charge is 0.351 e. The molecule has 0 unspecified atom stereocenters. The van der Waals surface area contributed by atoms with Gasteiger partial charge in [-0.1, -0.05) is 13.0 Å². The summed E-state index contributed by atoms with van der Waals surface area (Å²) in [6.07, 6.45) is 0. The Bertz CT molecular complexity index is 106. The van der Waals surface area contributed by atoms with Gasteiger partial charge in [-0.15, -0.1) is 0 Å². The van der Waals surface area contributed by atoms with Crippen molar-refractivity contribution in [3.8, 4) is 0 Å². The van der Waals surface area contributed by atoms with Gasteiger partial charge in [-0.3, -0.25) is 0 Å². The molecule has 0 heterocycles. The minimum absolute atomic E-state index is 0.548. The zero-order valence-corrected chi connectivity index (χ0v) is 14.7. The van der Waals surface area contributed by atoms with E-state index in [4.69, 9.17) is 17.7 Å². The summed E-state index contributed by atoms with van der Waals surface area (Å²) in [4.78, 5) is 0. The summed E-state index contributed by atoms with van der Waals surface area (Å²) in [6.45, 7) is 12.0. The molecule has 0 saturated heterocycles. The van der Waals surface area contributed by atoms with E-state index in [-0.39, 0.29) is 0 Å². The van der Waals surface area contributed by atoms with Crippen molar-refractivity contribution in [1.82, 2.24) is 0 Å². The average Bonchev–Trinajstić information content (AvgIpc) is 2.20. The summed E-state index contributed by atoms with van der Waals surface area (Å²) in [6, 6.07) is 1.39. The molecule has 0 atom stereocenters. The molecular weight excluding hydrogens is 240 g/mol. The topological polar surface area (TPSA) is 36.9 Å². The molecule has 0 aromatic rings. The lowest BCUT2D eigenvalue weighted by Crippen LogP contribution is -2.49. The molecule has 16 heavy (non-hydrogen) atoms. The Morgan fingerprint density at radius 3 is 1.00 bits per heavy atom. The molecule has 0 spiro atoms. The maximum Gasteiger partial charge on any atom is 0.679 e. The Kier molecular flexibility index (Phi) is 15.5. The molecule has 6 heteroatoms. The highest BCUT2D eigenvalue weighted by molar-refractivity contribution is 6.53. The fraction of sp³-hybridized carbons (Fsp3) is 1.00. The van der Waals surface area contributed by atoms with Crippen LogP contribution in [-0.4, -0.2) is 45.7 Å². The second-order valence-corrected chi connectivity index (χ2v) is 6.51. The second-order valence-electron chi connectivity index (χ2n) is 2.94. The number of rotatable bonds is 8. The lowest BCUT2D eigenvalue weighted by molar-refractivity contribution is -0.0247. The number of hydrogen-bond acceptors (Lipinski definition) is 4. The molecule has 0 rings (SSSR count). The molecule has 0 aromatic carbocycles. The minimum Gasteiger partial charge on any atom is -0.351 e. The van der Waals surface area contributed by atoms with Crippen LogP contribution in [0.25, 0.3) is 0 Å². The third-order valence-corrected chi connectivity index (χ3v) is 3.85. The van der Waals surface area contributed by atoms with Crippen molar-refractivity contribution < 1.29 is 17.7 Å². The van der Waals surface area contributed by atoms with Gasteiger partial charge in [0.05, 0.1) is 0 Å². The lowest BCUT2D eigenvalue weighted by atomic mass is 10.9. The quantitative estimate of drug-likeness (QED) is 0.623. The molecular formula is C10H28O4Si2. The molecule has 100 valence electrons. The molecule has 0 amide bonds. The fourth-order valence-corrected chi connectivity index (χ4v) is 2.87. The Morgan fingerprint density at radius 2 is 0.875 bits per heavy atom. The molecule has 0 N–H and O–H groups in total. The zero-order chi connectivity index (χ0) is 12.9. The van der Waals surface area contributed by atoms with Crippen LogP contribution in [0.15, 0.2) is 0 Å². The molecule has 4 nitrogen and oxygen atoms in total. The van der Waals surface area contributed by atoms with Gasteiger partial charge in [-0.05, 0) is 27.7 Å². The van der Waals surface area contributed by atoms with Crippen LogP contribution < -0.4 is 0 Å². The normalized spacial score (nSPS) is 11.1. The lowest BCUT2D eigenvalue weighted by Gasteiger charge is -2.26. The highest BCUT2D eigenvalue weighted by Gasteiger charge is 2.44. The van der Waals surface area contributed by atoms with Crippen LogP contribution in [0.4, 0.5) is 0 Å². The zero-order valence-electron chi connectivity index (χ0n) is 11.7. The van der Waals surface area contributed by atoms with Crippen molar-refractivity contribution >= 4 is 19.3 Å². The summed E-state index contributed by atoms with van der Waals surface area (Å²) in [5.41, 5.74) is 0. The van der Waals surface area contributed by atoms with Crippen LogP contribution in [-0.2, 0) is 17.7 Å². The van der Waals surface area contributed by atoms with Crippen molar-refractivity contribution in [2.75, 3.05) is 26.4 Å². The molecule has 0 radical (unpaired) electrons. The summed E-state index contributed by atoms with van der Waals surface area (Å²) in [5.74, 6) is 0. The van der Waals surface area contributed by atoms with Crippen LogP contribution in [0.1, 0.15) is 34.6 Å². The second kappa shape index (κ2) is 13.3. The maximum absolute atomic E-state index is 5.42. The van der Waals surface area contributed by atoms with E-state index < -0.39 is 9.05 Å². The van der Waals surface area contributed by atoms with E-state index >= 15 is 0 Å². The van der Waals surface area contributed by atoms with Gasteiger partial charge in [-0.25, -0.2) is 0 Å². The van der Waals surface area contributed by atoms with Crippen LogP contribution >= 0.6 is 0 Å². The van der Waals surface area contributed by atoms with Gasteiger partial charge in [0.1, 0.15) is 0 Å².